The predicted octanol–water partition coefficient (Wildman–Crippen LogP) is 2.64. The molecule has 0 amide bonds. The van der Waals surface area contributed by atoms with Crippen LogP contribution in [0.4, 0.5) is 0 Å². The quantitative estimate of drug-likeness (QED) is 0.790. The normalized spacial score (nSPS) is 14.9. The lowest BCUT2D eigenvalue weighted by Gasteiger charge is -2.23. The van der Waals surface area contributed by atoms with Crippen LogP contribution in [-0.2, 0) is 19.4 Å². The van der Waals surface area contributed by atoms with Crippen molar-refractivity contribution in [3.8, 4) is 0 Å². The van der Waals surface area contributed by atoms with Crippen molar-refractivity contribution in [1.29, 1.82) is 0 Å². The maximum Gasteiger partial charge on any atom is 0.0624 e. The second-order valence-electron chi connectivity index (χ2n) is 4.80. The first kappa shape index (κ1) is 14.2. The monoisotopic (exact) mass is 237 g/mol. The molecular formula is C14H27N3. The van der Waals surface area contributed by atoms with Gasteiger partial charge in [-0.1, -0.05) is 34.1 Å². The van der Waals surface area contributed by atoms with Crippen molar-refractivity contribution in [3.63, 3.8) is 0 Å². The van der Waals surface area contributed by atoms with Gasteiger partial charge in [0.25, 0.3) is 0 Å². The summed E-state index contributed by atoms with van der Waals surface area (Å²) in [6.07, 6.45) is 3.28. The Morgan fingerprint density at radius 1 is 1.29 bits per heavy atom. The fourth-order valence-corrected chi connectivity index (χ4v) is 2.16. The van der Waals surface area contributed by atoms with Gasteiger partial charge < -0.3 is 5.32 Å². The van der Waals surface area contributed by atoms with Crippen molar-refractivity contribution >= 4 is 0 Å². The molecule has 98 valence electrons. The zero-order chi connectivity index (χ0) is 12.8. The topological polar surface area (TPSA) is 29.9 Å². The number of nitrogens with one attached hydrogen (secondary N) is 1. The smallest absolute Gasteiger partial charge is 0.0624 e. The Kier molecular flexibility index (Phi) is 5.69. The van der Waals surface area contributed by atoms with Gasteiger partial charge in [-0.15, -0.1) is 0 Å². The van der Waals surface area contributed by atoms with Gasteiger partial charge in [-0.25, -0.2) is 0 Å². The summed E-state index contributed by atoms with van der Waals surface area (Å²) in [5.74, 6) is 0.680. The second-order valence-corrected chi connectivity index (χ2v) is 4.80. The fraction of sp³-hybridized carbons (Fsp3) is 0.786. The van der Waals surface area contributed by atoms with Gasteiger partial charge in [0.15, 0.2) is 0 Å². The lowest BCUT2D eigenvalue weighted by atomic mass is 9.99. The Balaban J connectivity index is 2.80. The molecule has 3 heteroatoms. The van der Waals surface area contributed by atoms with Crippen LogP contribution in [0.2, 0.25) is 0 Å². The van der Waals surface area contributed by atoms with Gasteiger partial charge in [0.2, 0.25) is 0 Å². The minimum atomic E-state index is 0.509. The molecule has 0 aromatic carbocycles. The minimum Gasteiger partial charge on any atom is -0.315 e. The lowest BCUT2D eigenvalue weighted by Crippen LogP contribution is -2.36. The number of rotatable bonds is 7. The summed E-state index contributed by atoms with van der Waals surface area (Å²) < 4.78 is 2.19. The fourth-order valence-electron chi connectivity index (χ4n) is 2.16. The number of aryl methyl sites for hydroxylation is 2. The molecule has 0 bridgehead atoms. The van der Waals surface area contributed by atoms with Crippen LogP contribution in [-0.4, -0.2) is 22.9 Å². The first-order chi connectivity index (χ1) is 8.15. The number of nitrogens with zero attached hydrogens (tertiary/aromatic N) is 2. The van der Waals surface area contributed by atoms with Gasteiger partial charge in [-0.05, 0) is 31.9 Å². The Bertz CT molecular complexity index is 330. The van der Waals surface area contributed by atoms with Crippen molar-refractivity contribution in [2.24, 2.45) is 5.92 Å². The SMILES string of the molecule is CCc1cc(CC)n(CC(NC)C(C)CC)n1. The van der Waals surface area contributed by atoms with E-state index in [0.717, 1.165) is 19.4 Å². The average molecular weight is 237 g/mol. The molecule has 0 saturated heterocycles. The molecule has 0 aliphatic rings. The number of aromatic nitrogens is 2. The highest BCUT2D eigenvalue weighted by atomic mass is 15.3. The number of hydrogen-bond acceptors (Lipinski definition) is 2. The Hall–Kier alpha value is -0.830. The van der Waals surface area contributed by atoms with Gasteiger partial charge in [0, 0.05) is 11.7 Å². The highest BCUT2D eigenvalue weighted by Gasteiger charge is 2.16. The molecule has 17 heavy (non-hydrogen) atoms. The Morgan fingerprint density at radius 2 is 2.00 bits per heavy atom. The molecule has 0 spiro atoms. The van der Waals surface area contributed by atoms with Gasteiger partial charge >= 0.3 is 0 Å². The van der Waals surface area contributed by atoms with E-state index in [0.29, 0.717) is 12.0 Å². The maximum atomic E-state index is 4.68. The average Bonchev–Trinajstić information content (AvgIpc) is 2.77. The molecule has 1 aromatic heterocycles. The maximum absolute atomic E-state index is 4.68. The van der Waals surface area contributed by atoms with E-state index in [1.807, 2.05) is 7.05 Å². The van der Waals surface area contributed by atoms with Crippen LogP contribution in [0, 0.1) is 5.92 Å². The van der Waals surface area contributed by atoms with E-state index in [9.17, 15) is 0 Å². The highest BCUT2D eigenvalue weighted by Crippen LogP contribution is 2.12. The highest BCUT2D eigenvalue weighted by molar-refractivity contribution is 5.10. The van der Waals surface area contributed by atoms with E-state index in [4.69, 9.17) is 0 Å². The zero-order valence-electron chi connectivity index (χ0n) is 12.0. The molecule has 0 aliphatic heterocycles. The van der Waals surface area contributed by atoms with E-state index < -0.39 is 0 Å². The van der Waals surface area contributed by atoms with Gasteiger partial charge in [-0.3, -0.25) is 4.68 Å². The Labute approximate surface area is 106 Å². The van der Waals surface area contributed by atoms with Crippen LogP contribution in [0.1, 0.15) is 45.5 Å². The molecule has 0 aliphatic carbocycles. The molecule has 0 saturated carbocycles. The van der Waals surface area contributed by atoms with E-state index in [2.05, 4.69) is 48.9 Å². The Morgan fingerprint density at radius 3 is 2.47 bits per heavy atom. The zero-order valence-corrected chi connectivity index (χ0v) is 12.0. The molecule has 1 rings (SSSR count). The molecule has 2 atom stereocenters. The summed E-state index contributed by atoms with van der Waals surface area (Å²) in [5, 5.41) is 8.10. The van der Waals surface area contributed by atoms with E-state index in [1.165, 1.54) is 17.8 Å². The van der Waals surface area contributed by atoms with Gasteiger partial charge in [-0.2, -0.15) is 5.10 Å². The minimum absolute atomic E-state index is 0.509. The molecule has 1 aromatic rings. The second kappa shape index (κ2) is 6.80. The van der Waals surface area contributed by atoms with Gasteiger partial charge in [0.05, 0.1) is 12.2 Å². The van der Waals surface area contributed by atoms with Crippen LogP contribution in [0.5, 0.6) is 0 Å². The number of hydrogen-bond donors (Lipinski definition) is 1. The van der Waals surface area contributed by atoms with Crippen LogP contribution in [0.3, 0.4) is 0 Å². The summed E-state index contributed by atoms with van der Waals surface area (Å²) in [5.41, 5.74) is 2.56. The van der Waals surface area contributed by atoms with E-state index >= 15 is 0 Å². The third-order valence-corrected chi connectivity index (χ3v) is 3.71. The standard InChI is InChI=1S/C14H27N3/c1-6-11(4)14(15-5)10-17-13(8-3)9-12(7-2)16-17/h9,11,14-15H,6-8,10H2,1-5H3. The van der Waals surface area contributed by atoms with E-state index in [1.54, 1.807) is 0 Å². The molecule has 0 radical (unpaired) electrons. The van der Waals surface area contributed by atoms with Crippen molar-refractivity contribution in [3.05, 3.63) is 17.5 Å². The third-order valence-electron chi connectivity index (χ3n) is 3.71. The molecule has 1 N–H and O–H groups in total. The summed E-state index contributed by atoms with van der Waals surface area (Å²) in [4.78, 5) is 0. The van der Waals surface area contributed by atoms with Gasteiger partial charge in [0.1, 0.15) is 0 Å². The molecule has 1 heterocycles. The van der Waals surface area contributed by atoms with Crippen molar-refractivity contribution in [1.82, 2.24) is 15.1 Å². The van der Waals surface area contributed by atoms with Crippen molar-refractivity contribution in [2.45, 2.75) is 59.5 Å². The van der Waals surface area contributed by atoms with E-state index in [-0.39, 0.29) is 0 Å². The van der Waals surface area contributed by atoms with Crippen molar-refractivity contribution < 1.29 is 0 Å². The van der Waals surface area contributed by atoms with Crippen LogP contribution >= 0.6 is 0 Å². The largest absolute Gasteiger partial charge is 0.315 e. The van der Waals surface area contributed by atoms with Crippen LogP contribution in [0.15, 0.2) is 6.07 Å². The summed E-state index contributed by atoms with van der Waals surface area (Å²) in [6, 6.07) is 2.75. The summed E-state index contributed by atoms with van der Waals surface area (Å²) in [6.45, 7) is 9.89. The summed E-state index contributed by atoms with van der Waals surface area (Å²) >= 11 is 0. The lowest BCUT2D eigenvalue weighted by molar-refractivity contribution is 0.331. The molecular weight excluding hydrogens is 210 g/mol. The predicted molar refractivity (Wildman–Crippen MR) is 73.3 cm³/mol. The molecule has 2 unspecified atom stereocenters. The van der Waals surface area contributed by atoms with Crippen LogP contribution < -0.4 is 5.32 Å². The molecule has 3 nitrogen and oxygen atoms in total. The van der Waals surface area contributed by atoms with Crippen LogP contribution in [0.25, 0.3) is 0 Å². The van der Waals surface area contributed by atoms with Crippen molar-refractivity contribution in [2.75, 3.05) is 7.05 Å². The summed E-state index contributed by atoms with van der Waals surface area (Å²) in [7, 11) is 2.05. The number of likely N-dealkylation sites (N-methyl/N-ethyl adjacent to an activating group) is 1. The molecule has 0 fully saturated rings. The first-order valence-electron chi connectivity index (χ1n) is 6.89. The first-order valence-corrected chi connectivity index (χ1v) is 6.89. The third kappa shape index (κ3) is 3.56.